The third-order valence-electron chi connectivity index (χ3n) is 4.62. The average molecular weight is 497 g/mol. The third kappa shape index (κ3) is 5.25. The Kier molecular flexibility index (Phi) is 6.51. The highest BCUT2D eigenvalue weighted by molar-refractivity contribution is 8.01. The van der Waals surface area contributed by atoms with E-state index in [9.17, 15) is 27.2 Å². The molecule has 33 heavy (non-hydrogen) atoms. The molecule has 3 aromatic rings. The molecule has 172 valence electrons. The number of hydrogen-bond donors (Lipinski definition) is 2. The minimum atomic E-state index is -4.81. The zero-order chi connectivity index (χ0) is 23.6. The van der Waals surface area contributed by atoms with Crippen LogP contribution in [0.4, 0.5) is 39.8 Å². The summed E-state index contributed by atoms with van der Waals surface area (Å²) in [7, 11) is 0. The monoisotopic (exact) mass is 497 g/mol. The van der Waals surface area contributed by atoms with Crippen molar-refractivity contribution in [1.29, 1.82) is 0 Å². The first-order valence-corrected chi connectivity index (χ1v) is 11.3. The van der Waals surface area contributed by atoms with Gasteiger partial charge in [0.2, 0.25) is 16.9 Å². The Labute approximate surface area is 193 Å². The molecule has 0 bridgehead atoms. The molecule has 7 nitrogen and oxygen atoms in total. The van der Waals surface area contributed by atoms with Crippen molar-refractivity contribution in [1.82, 2.24) is 10.2 Å². The largest absolute Gasteiger partial charge is 0.409 e. The number of rotatable bonds is 5. The lowest BCUT2D eigenvalue weighted by atomic mass is 10.1. The predicted octanol–water partition coefficient (Wildman–Crippen LogP) is 4.82. The van der Waals surface area contributed by atoms with E-state index in [1.165, 1.54) is 36.4 Å². The lowest BCUT2D eigenvalue weighted by Gasteiger charge is -2.31. The van der Waals surface area contributed by atoms with E-state index >= 15 is 0 Å². The fourth-order valence-electron chi connectivity index (χ4n) is 3.19. The van der Waals surface area contributed by atoms with Crippen LogP contribution < -0.4 is 15.5 Å². The first kappa shape index (κ1) is 23.0. The van der Waals surface area contributed by atoms with Gasteiger partial charge in [0.05, 0.1) is 29.2 Å². The van der Waals surface area contributed by atoms with E-state index in [4.69, 9.17) is 0 Å². The Balaban J connectivity index is 1.52. The van der Waals surface area contributed by atoms with Gasteiger partial charge in [-0.3, -0.25) is 14.5 Å². The molecule has 2 amide bonds. The zero-order valence-electron chi connectivity index (χ0n) is 16.6. The molecule has 0 aliphatic carbocycles. The van der Waals surface area contributed by atoms with Crippen LogP contribution in [0.15, 0.2) is 52.9 Å². The van der Waals surface area contributed by atoms with Crippen molar-refractivity contribution in [2.75, 3.05) is 21.3 Å². The molecule has 2 heterocycles. The van der Waals surface area contributed by atoms with Crippen LogP contribution in [0.2, 0.25) is 0 Å². The number of anilines is 4. The van der Waals surface area contributed by atoms with E-state index in [0.29, 0.717) is 9.24 Å². The number of benzene rings is 2. The van der Waals surface area contributed by atoms with Crippen molar-refractivity contribution in [3.8, 4) is 0 Å². The van der Waals surface area contributed by atoms with Gasteiger partial charge < -0.3 is 10.6 Å². The van der Waals surface area contributed by atoms with Gasteiger partial charge >= 0.3 is 6.18 Å². The Morgan fingerprint density at radius 2 is 1.91 bits per heavy atom. The van der Waals surface area contributed by atoms with E-state index in [2.05, 4.69) is 20.8 Å². The van der Waals surface area contributed by atoms with Gasteiger partial charge in [-0.15, -0.1) is 10.2 Å². The van der Waals surface area contributed by atoms with Crippen LogP contribution in [0.5, 0.6) is 0 Å². The van der Waals surface area contributed by atoms with Crippen molar-refractivity contribution >= 4 is 57.1 Å². The van der Waals surface area contributed by atoms with Gasteiger partial charge in [-0.25, -0.2) is 4.39 Å². The minimum absolute atomic E-state index is 0.0320. The van der Waals surface area contributed by atoms with Gasteiger partial charge in [0.15, 0.2) is 4.34 Å². The lowest BCUT2D eigenvalue weighted by molar-refractivity contribution is -0.157. The molecule has 4 rings (SSSR count). The Morgan fingerprint density at radius 1 is 1.18 bits per heavy atom. The highest BCUT2D eigenvalue weighted by Gasteiger charge is 2.48. The van der Waals surface area contributed by atoms with Crippen molar-refractivity contribution in [3.05, 3.63) is 54.3 Å². The second-order valence-electron chi connectivity index (χ2n) is 6.86. The summed E-state index contributed by atoms with van der Waals surface area (Å²) in [5, 5.41) is 13.2. The van der Waals surface area contributed by atoms with E-state index in [1.54, 1.807) is 12.1 Å². The van der Waals surface area contributed by atoms with Crippen molar-refractivity contribution in [2.24, 2.45) is 0 Å². The van der Waals surface area contributed by atoms with Crippen LogP contribution in [0.3, 0.4) is 0 Å². The van der Waals surface area contributed by atoms with Crippen LogP contribution in [-0.2, 0) is 9.59 Å². The van der Waals surface area contributed by atoms with Gasteiger partial charge in [0.25, 0.3) is 0 Å². The molecule has 0 radical (unpaired) electrons. The Hall–Kier alpha value is -3.19. The standard InChI is InChI=1S/C20H15F4N5O2S2/c21-11-5-1-2-6-12(11)26-18-27-28-19(33-18)32-10-17(31)29-14-8-4-3-7-13(14)25-16(30)9-15(29)20(22,23)24/h1-8,15H,9-10H2,(H,25,30)(H,26,27). The number of nitrogens with zero attached hydrogens (tertiary/aromatic N) is 3. The van der Waals surface area contributed by atoms with Gasteiger partial charge in [-0.2, -0.15) is 13.2 Å². The smallest absolute Gasteiger partial charge is 0.328 e. The first-order chi connectivity index (χ1) is 15.7. The van der Waals surface area contributed by atoms with Gasteiger partial charge in [0, 0.05) is 0 Å². The van der Waals surface area contributed by atoms with E-state index in [1.807, 2.05) is 0 Å². The average Bonchev–Trinajstić information content (AvgIpc) is 3.14. The molecular weight excluding hydrogens is 482 g/mol. The molecule has 13 heteroatoms. The number of carbonyl (C=O) groups excluding carboxylic acids is 2. The molecule has 1 aliphatic rings. The van der Waals surface area contributed by atoms with Crippen LogP contribution in [-0.4, -0.2) is 40.0 Å². The summed E-state index contributed by atoms with van der Waals surface area (Å²) in [4.78, 5) is 25.6. The second-order valence-corrected chi connectivity index (χ2v) is 9.06. The molecule has 1 atom stereocenters. The summed E-state index contributed by atoms with van der Waals surface area (Å²) < 4.78 is 55.4. The molecule has 0 fully saturated rings. The maximum Gasteiger partial charge on any atom is 0.409 e. The highest BCUT2D eigenvalue weighted by atomic mass is 32.2. The number of fused-ring (bicyclic) bond motifs is 1. The molecule has 1 aliphatic heterocycles. The molecule has 1 aromatic heterocycles. The van der Waals surface area contributed by atoms with E-state index in [-0.39, 0.29) is 27.9 Å². The number of halogens is 4. The number of nitrogens with one attached hydrogen (secondary N) is 2. The summed E-state index contributed by atoms with van der Waals surface area (Å²) in [5.41, 5.74) is 0.281. The number of hydrogen-bond acceptors (Lipinski definition) is 7. The number of para-hydroxylation sites is 3. The van der Waals surface area contributed by atoms with E-state index < -0.39 is 36.3 Å². The Bertz CT molecular complexity index is 1190. The summed E-state index contributed by atoms with van der Waals surface area (Å²) in [5.74, 6) is -2.53. The number of amides is 2. The topological polar surface area (TPSA) is 87.2 Å². The zero-order valence-corrected chi connectivity index (χ0v) is 18.2. The van der Waals surface area contributed by atoms with Crippen LogP contribution in [0.25, 0.3) is 0 Å². The molecule has 2 N–H and O–H groups in total. The summed E-state index contributed by atoms with van der Waals surface area (Å²) >= 11 is 1.93. The second kappa shape index (κ2) is 9.35. The molecule has 0 saturated carbocycles. The third-order valence-corrected chi connectivity index (χ3v) is 6.57. The summed E-state index contributed by atoms with van der Waals surface area (Å²) in [6, 6.07) is 9.47. The molecule has 0 spiro atoms. The fourth-order valence-corrected chi connectivity index (χ4v) is 4.81. The normalized spacial score (nSPS) is 16.1. The Morgan fingerprint density at radius 3 is 2.67 bits per heavy atom. The molecular formula is C20H15F4N5O2S2. The number of carbonyl (C=O) groups is 2. The van der Waals surface area contributed by atoms with Gasteiger partial charge in [0.1, 0.15) is 11.9 Å². The maximum absolute atomic E-state index is 13.8. The van der Waals surface area contributed by atoms with E-state index in [0.717, 1.165) is 23.1 Å². The SMILES string of the molecule is O=C1CC(C(F)(F)F)N(C(=O)CSc2nnc(Nc3ccccc3F)s2)c2ccccc2N1. The first-order valence-electron chi connectivity index (χ1n) is 9.48. The molecule has 1 unspecified atom stereocenters. The number of aromatic nitrogens is 2. The summed E-state index contributed by atoms with van der Waals surface area (Å²) in [6.45, 7) is 0. The molecule has 2 aromatic carbocycles. The summed E-state index contributed by atoms with van der Waals surface area (Å²) in [6.07, 6.45) is -5.72. The fraction of sp³-hybridized carbons (Fsp3) is 0.200. The number of thioether (sulfide) groups is 1. The lowest BCUT2D eigenvalue weighted by Crippen LogP contribution is -2.50. The minimum Gasteiger partial charge on any atom is -0.328 e. The van der Waals surface area contributed by atoms with Crippen LogP contribution in [0, 0.1) is 5.82 Å². The van der Waals surface area contributed by atoms with Gasteiger partial charge in [-0.1, -0.05) is 47.4 Å². The predicted molar refractivity (Wildman–Crippen MR) is 117 cm³/mol. The quantitative estimate of drug-likeness (QED) is 0.388. The van der Waals surface area contributed by atoms with Gasteiger partial charge in [-0.05, 0) is 24.3 Å². The van der Waals surface area contributed by atoms with Crippen molar-refractivity contribution in [3.63, 3.8) is 0 Å². The van der Waals surface area contributed by atoms with Crippen molar-refractivity contribution < 1.29 is 27.2 Å². The number of alkyl halides is 3. The van der Waals surface area contributed by atoms with Crippen molar-refractivity contribution in [2.45, 2.75) is 23.0 Å². The van der Waals surface area contributed by atoms with Crippen LogP contribution >= 0.6 is 23.1 Å². The molecule has 0 saturated heterocycles. The maximum atomic E-state index is 13.8. The highest BCUT2D eigenvalue weighted by Crippen LogP contribution is 2.38. The van der Waals surface area contributed by atoms with Crippen LogP contribution in [0.1, 0.15) is 6.42 Å².